The molecule has 0 spiro atoms. The number of hydrogen-bond donors (Lipinski definition) is 1. The summed E-state index contributed by atoms with van der Waals surface area (Å²) in [6.45, 7) is 9.03. The Balaban J connectivity index is 2.18. The van der Waals surface area contributed by atoms with Crippen LogP contribution in [-0.4, -0.2) is 19.8 Å². The number of nitrogens with one attached hydrogen (secondary N) is 1. The molecule has 0 amide bonds. The molecule has 0 heterocycles. The number of hydrogen-bond acceptors (Lipinski definition) is 2. The highest BCUT2D eigenvalue weighted by atomic mass is 16.5. The van der Waals surface area contributed by atoms with Crippen molar-refractivity contribution in [2.75, 3.05) is 25.1 Å². The van der Waals surface area contributed by atoms with E-state index in [0.717, 1.165) is 26.2 Å². The first-order chi connectivity index (χ1) is 8.22. The van der Waals surface area contributed by atoms with Crippen LogP contribution in [0.15, 0.2) is 24.3 Å². The van der Waals surface area contributed by atoms with E-state index in [0.29, 0.717) is 5.92 Å². The molecule has 2 heteroatoms. The predicted octanol–water partition coefficient (Wildman–Crippen LogP) is 3.72. The normalized spacial score (nSPS) is 10.8. The van der Waals surface area contributed by atoms with E-state index < -0.39 is 0 Å². The minimum Gasteiger partial charge on any atom is -0.383 e. The molecule has 0 fully saturated rings. The van der Waals surface area contributed by atoms with Crippen LogP contribution < -0.4 is 5.32 Å². The molecule has 1 rings (SSSR count). The van der Waals surface area contributed by atoms with Crippen molar-refractivity contribution in [1.29, 1.82) is 0 Å². The van der Waals surface area contributed by atoms with Crippen molar-refractivity contribution in [3.63, 3.8) is 0 Å². The predicted molar refractivity (Wildman–Crippen MR) is 74.6 cm³/mol. The Hall–Kier alpha value is -1.02. The molecule has 1 aromatic rings. The summed E-state index contributed by atoms with van der Waals surface area (Å²) in [5.74, 6) is 0.614. The van der Waals surface area contributed by atoms with Crippen LogP contribution in [0.4, 0.5) is 5.69 Å². The van der Waals surface area contributed by atoms with Crippen molar-refractivity contribution in [3.8, 4) is 0 Å². The molecule has 0 aliphatic heterocycles. The van der Waals surface area contributed by atoms with E-state index in [1.54, 1.807) is 0 Å². The second-order valence-corrected chi connectivity index (χ2v) is 4.84. The number of ether oxygens (including phenoxy) is 1. The van der Waals surface area contributed by atoms with Gasteiger partial charge in [0.25, 0.3) is 0 Å². The van der Waals surface area contributed by atoms with E-state index in [-0.39, 0.29) is 0 Å². The van der Waals surface area contributed by atoms with Crippen LogP contribution in [0.25, 0.3) is 0 Å². The average Bonchev–Trinajstić information content (AvgIpc) is 2.31. The third-order valence-electron chi connectivity index (χ3n) is 2.52. The van der Waals surface area contributed by atoms with E-state index in [2.05, 4.69) is 50.4 Å². The number of anilines is 1. The Labute approximate surface area is 105 Å². The summed E-state index contributed by atoms with van der Waals surface area (Å²) in [5, 5.41) is 3.36. The Kier molecular flexibility index (Phi) is 6.71. The van der Waals surface area contributed by atoms with Gasteiger partial charge in [0.15, 0.2) is 0 Å². The van der Waals surface area contributed by atoms with Gasteiger partial charge in [0.05, 0.1) is 6.61 Å². The zero-order valence-corrected chi connectivity index (χ0v) is 11.3. The first-order valence-electron chi connectivity index (χ1n) is 6.63. The van der Waals surface area contributed by atoms with Crippen LogP contribution in [0.1, 0.15) is 32.8 Å². The minimum atomic E-state index is 0.614. The molecule has 0 aliphatic carbocycles. The fraction of sp³-hybridized carbons (Fsp3) is 0.600. The van der Waals surface area contributed by atoms with Gasteiger partial charge < -0.3 is 10.1 Å². The van der Waals surface area contributed by atoms with Crippen molar-refractivity contribution in [2.24, 2.45) is 5.92 Å². The quantitative estimate of drug-likeness (QED) is 0.693. The van der Waals surface area contributed by atoms with Crippen molar-refractivity contribution in [2.45, 2.75) is 33.6 Å². The molecule has 0 aliphatic rings. The first kappa shape index (κ1) is 14.0. The molecule has 2 nitrogen and oxygen atoms in total. The van der Waals surface area contributed by atoms with Gasteiger partial charge in [-0.25, -0.2) is 0 Å². The highest BCUT2D eigenvalue weighted by molar-refractivity contribution is 5.44. The molecule has 0 saturated heterocycles. The van der Waals surface area contributed by atoms with Gasteiger partial charge in [0, 0.05) is 18.8 Å². The lowest BCUT2D eigenvalue weighted by Crippen LogP contribution is -2.12. The summed E-state index contributed by atoms with van der Waals surface area (Å²) in [5.41, 5.74) is 2.59. The largest absolute Gasteiger partial charge is 0.383 e. The van der Waals surface area contributed by atoms with E-state index >= 15 is 0 Å². The average molecular weight is 235 g/mol. The van der Waals surface area contributed by atoms with Gasteiger partial charge in [0.1, 0.15) is 0 Å². The Morgan fingerprint density at radius 2 is 1.88 bits per heavy atom. The lowest BCUT2D eigenvalue weighted by atomic mass is 10.1. The topological polar surface area (TPSA) is 21.3 Å². The number of benzene rings is 1. The molecule has 0 unspecified atom stereocenters. The minimum absolute atomic E-state index is 0.614. The molecule has 17 heavy (non-hydrogen) atoms. The summed E-state index contributed by atoms with van der Waals surface area (Å²) in [7, 11) is 0. The van der Waals surface area contributed by atoms with Crippen molar-refractivity contribution < 1.29 is 4.74 Å². The summed E-state index contributed by atoms with van der Waals surface area (Å²) >= 11 is 0. The van der Waals surface area contributed by atoms with Crippen LogP contribution in [-0.2, 0) is 11.2 Å². The maximum absolute atomic E-state index is 5.52. The van der Waals surface area contributed by atoms with Gasteiger partial charge in [0.2, 0.25) is 0 Å². The molecule has 96 valence electrons. The molecule has 0 saturated carbocycles. The van der Waals surface area contributed by atoms with Crippen molar-refractivity contribution in [1.82, 2.24) is 0 Å². The third-order valence-corrected chi connectivity index (χ3v) is 2.52. The van der Waals surface area contributed by atoms with Gasteiger partial charge in [-0.05, 0) is 30.0 Å². The van der Waals surface area contributed by atoms with Crippen LogP contribution in [0.3, 0.4) is 0 Å². The molecule has 1 aromatic carbocycles. The maximum atomic E-state index is 5.52. The monoisotopic (exact) mass is 235 g/mol. The second-order valence-electron chi connectivity index (χ2n) is 4.84. The molecule has 0 bridgehead atoms. The first-order valence-corrected chi connectivity index (χ1v) is 6.63. The smallest absolute Gasteiger partial charge is 0.0639 e. The SMILES string of the molecule is CCCc1ccc(NCCOCC(C)C)cc1. The summed E-state index contributed by atoms with van der Waals surface area (Å²) in [4.78, 5) is 0. The van der Waals surface area contributed by atoms with E-state index in [1.807, 2.05) is 0 Å². The second kappa shape index (κ2) is 8.13. The maximum Gasteiger partial charge on any atom is 0.0639 e. The van der Waals surface area contributed by atoms with Crippen LogP contribution >= 0.6 is 0 Å². The number of rotatable bonds is 8. The molecule has 1 N–H and O–H groups in total. The van der Waals surface area contributed by atoms with Crippen LogP contribution in [0.2, 0.25) is 0 Å². The Morgan fingerprint density at radius 3 is 2.47 bits per heavy atom. The molecule has 0 radical (unpaired) electrons. The summed E-state index contributed by atoms with van der Waals surface area (Å²) in [6, 6.07) is 8.68. The standard InChI is InChI=1S/C15H25NO/c1-4-5-14-6-8-15(9-7-14)16-10-11-17-12-13(2)3/h6-9,13,16H,4-5,10-12H2,1-3H3. The Morgan fingerprint density at radius 1 is 1.18 bits per heavy atom. The highest BCUT2D eigenvalue weighted by Crippen LogP contribution is 2.10. The van der Waals surface area contributed by atoms with Gasteiger partial charge in [-0.15, -0.1) is 0 Å². The Bertz CT molecular complexity index is 292. The highest BCUT2D eigenvalue weighted by Gasteiger charge is 1.95. The zero-order valence-electron chi connectivity index (χ0n) is 11.3. The fourth-order valence-corrected chi connectivity index (χ4v) is 1.66. The van der Waals surface area contributed by atoms with Gasteiger partial charge in [-0.3, -0.25) is 0 Å². The van der Waals surface area contributed by atoms with E-state index in [1.165, 1.54) is 17.7 Å². The van der Waals surface area contributed by atoms with Gasteiger partial charge >= 0.3 is 0 Å². The molecular formula is C15H25NO. The third kappa shape index (κ3) is 6.32. The van der Waals surface area contributed by atoms with Crippen LogP contribution in [0.5, 0.6) is 0 Å². The van der Waals surface area contributed by atoms with Gasteiger partial charge in [-0.1, -0.05) is 39.3 Å². The lowest BCUT2D eigenvalue weighted by molar-refractivity contribution is 0.118. The summed E-state index contributed by atoms with van der Waals surface area (Å²) < 4.78 is 5.52. The molecule has 0 atom stereocenters. The number of aryl methyl sites for hydroxylation is 1. The summed E-state index contributed by atoms with van der Waals surface area (Å²) in [6.07, 6.45) is 2.37. The zero-order chi connectivity index (χ0) is 12.5. The van der Waals surface area contributed by atoms with E-state index in [4.69, 9.17) is 4.74 Å². The molecular weight excluding hydrogens is 210 g/mol. The lowest BCUT2D eigenvalue weighted by Gasteiger charge is -2.09. The van der Waals surface area contributed by atoms with E-state index in [9.17, 15) is 0 Å². The molecule has 0 aromatic heterocycles. The fourth-order valence-electron chi connectivity index (χ4n) is 1.66. The van der Waals surface area contributed by atoms with Crippen molar-refractivity contribution >= 4 is 5.69 Å². The van der Waals surface area contributed by atoms with Crippen molar-refractivity contribution in [3.05, 3.63) is 29.8 Å². The van der Waals surface area contributed by atoms with Crippen LogP contribution in [0, 0.1) is 5.92 Å². The van der Waals surface area contributed by atoms with Gasteiger partial charge in [-0.2, -0.15) is 0 Å².